The molecule has 0 saturated heterocycles. The second kappa shape index (κ2) is 8.41. The Morgan fingerprint density at radius 2 is 1.46 bits per heavy atom. The molecular weight excluding hydrogens is 390 g/mol. The molecule has 10 heteroatoms. The standard InChI is InChI=1S/C18H16F6N2O2/c1-28-15-4-2-11(3-5-15)6-7-25-16(27)26-14-9-12(17(19,20)21)8-13(10-14)18(22,23)24/h2-5,8-10H,6-7H2,1H3,(H2,25,26,27). The van der Waals surface area contributed by atoms with Crippen molar-refractivity contribution in [2.45, 2.75) is 18.8 Å². The second-order valence-electron chi connectivity index (χ2n) is 5.77. The molecule has 0 aliphatic carbocycles. The predicted molar refractivity (Wildman–Crippen MR) is 90.2 cm³/mol. The molecule has 2 aromatic carbocycles. The highest BCUT2D eigenvalue weighted by Crippen LogP contribution is 2.37. The number of alkyl halides is 6. The summed E-state index contributed by atoms with van der Waals surface area (Å²) < 4.78 is 81.9. The van der Waals surface area contributed by atoms with Crippen LogP contribution in [0.4, 0.5) is 36.8 Å². The lowest BCUT2D eigenvalue weighted by Gasteiger charge is -2.15. The van der Waals surface area contributed by atoms with Crippen LogP contribution in [0.3, 0.4) is 0 Å². The maximum absolute atomic E-state index is 12.8. The van der Waals surface area contributed by atoms with Crippen molar-refractivity contribution < 1.29 is 35.9 Å². The van der Waals surface area contributed by atoms with E-state index in [-0.39, 0.29) is 12.6 Å². The molecule has 0 fully saturated rings. The monoisotopic (exact) mass is 406 g/mol. The molecule has 4 nitrogen and oxygen atoms in total. The Hall–Kier alpha value is -2.91. The minimum absolute atomic E-state index is 0.00718. The molecule has 0 aromatic heterocycles. The molecule has 0 radical (unpaired) electrons. The van der Waals surface area contributed by atoms with Crippen molar-refractivity contribution in [3.63, 3.8) is 0 Å². The van der Waals surface area contributed by atoms with Crippen LogP contribution in [0, 0.1) is 0 Å². The third-order valence-electron chi connectivity index (χ3n) is 3.70. The van der Waals surface area contributed by atoms with Crippen LogP contribution in [-0.2, 0) is 18.8 Å². The van der Waals surface area contributed by atoms with Crippen molar-refractivity contribution in [3.05, 3.63) is 59.2 Å². The first-order valence-electron chi connectivity index (χ1n) is 7.96. The van der Waals surface area contributed by atoms with Gasteiger partial charge in [0.25, 0.3) is 0 Å². The molecule has 2 rings (SSSR count). The Balaban J connectivity index is 2.02. The summed E-state index contributed by atoms with van der Waals surface area (Å²) >= 11 is 0. The smallest absolute Gasteiger partial charge is 0.416 e. The van der Waals surface area contributed by atoms with Gasteiger partial charge in [-0.05, 0) is 42.3 Å². The van der Waals surface area contributed by atoms with Gasteiger partial charge in [-0.1, -0.05) is 12.1 Å². The fourth-order valence-electron chi connectivity index (χ4n) is 2.31. The van der Waals surface area contributed by atoms with Gasteiger partial charge in [0.05, 0.1) is 18.2 Å². The Kier molecular flexibility index (Phi) is 6.42. The minimum Gasteiger partial charge on any atom is -0.497 e. The third-order valence-corrected chi connectivity index (χ3v) is 3.70. The molecule has 152 valence electrons. The zero-order valence-electron chi connectivity index (χ0n) is 14.5. The van der Waals surface area contributed by atoms with E-state index >= 15 is 0 Å². The van der Waals surface area contributed by atoms with Crippen molar-refractivity contribution in [3.8, 4) is 5.75 Å². The molecular formula is C18H16F6N2O2. The average Bonchev–Trinajstić information content (AvgIpc) is 2.60. The first-order chi connectivity index (χ1) is 13.0. The van der Waals surface area contributed by atoms with Crippen LogP contribution in [0.2, 0.25) is 0 Å². The fourth-order valence-corrected chi connectivity index (χ4v) is 2.31. The van der Waals surface area contributed by atoms with Crippen LogP contribution in [0.15, 0.2) is 42.5 Å². The van der Waals surface area contributed by atoms with E-state index in [2.05, 4.69) is 5.32 Å². The van der Waals surface area contributed by atoms with Crippen LogP contribution in [0.1, 0.15) is 16.7 Å². The summed E-state index contributed by atoms with van der Waals surface area (Å²) in [5, 5.41) is 4.38. The third kappa shape index (κ3) is 6.07. The van der Waals surface area contributed by atoms with Crippen LogP contribution in [-0.4, -0.2) is 19.7 Å². The number of amides is 2. The summed E-state index contributed by atoms with van der Waals surface area (Å²) in [4.78, 5) is 11.8. The number of rotatable bonds is 5. The van der Waals surface area contributed by atoms with Gasteiger partial charge >= 0.3 is 18.4 Å². The summed E-state index contributed by atoms with van der Waals surface area (Å²) in [6, 6.07) is 6.93. The molecule has 28 heavy (non-hydrogen) atoms. The molecule has 0 bridgehead atoms. The number of nitrogens with one attached hydrogen (secondary N) is 2. The Morgan fingerprint density at radius 1 is 0.929 bits per heavy atom. The summed E-state index contributed by atoms with van der Waals surface area (Å²) in [5.74, 6) is 0.652. The fraction of sp³-hybridized carbons (Fsp3) is 0.278. The molecule has 0 atom stereocenters. The highest BCUT2D eigenvalue weighted by molar-refractivity contribution is 5.89. The van der Waals surface area contributed by atoms with E-state index in [1.807, 2.05) is 5.32 Å². The Bertz CT molecular complexity index is 784. The van der Waals surface area contributed by atoms with Crippen molar-refractivity contribution in [2.75, 3.05) is 19.0 Å². The highest BCUT2D eigenvalue weighted by atomic mass is 19.4. The van der Waals surface area contributed by atoms with E-state index in [4.69, 9.17) is 4.74 Å². The zero-order valence-corrected chi connectivity index (χ0v) is 14.5. The number of halogens is 6. The minimum atomic E-state index is -4.98. The normalized spacial score (nSPS) is 11.8. The highest BCUT2D eigenvalue weighted by Gasteiger charge is 2.37. The van der Waals surface area contributed by atoms with Crippen molar-refractivity contribution >= 4 is 11.7 Å². The van der Waals surface area contributed by atoms with Gasteiger partial charge in [0.2, 0.25) is 0 Å². The number of hydrogen-bond acceptors (Lipinski definition) is 2. The molecule has 0 aliphatic heterocycles. The van der Waals surface area contributed by atoms with Gasteiger partial charge in [0.15, 0.2) is 0 Å². The molecule has 0 spiro atoms. The molecule has 2 N–H and O–H groups in total. The average molecular weight is 406 g/mol. The van der Waals surface area contributed by atoms with Gasteiger partial charge in [0, 0.05) is 12.2 Å². The maximum atomic E-state index is 12.8. The van der Waals surface area contributed by atoms with E-state index in [0.717, 1.165) is 5.56 Å². The van der Waals surface area contributed by atoms with Gasteiger partial charge in [0.1, 0.15) is 5.75 Å². The first-order valence-corrected chi connectivity index (χ1v) is 7.96. The molecule has 2 aromatic rings. The number of ether oxygens (including phenoxy) is 1. The van der Waals surface area contributed by atoms with Crippen LogP contribution in [0.5, 0.6) is 5.75 Å². The SMILES string of the molecule is COc1ccc(CCNC(=O)Nc2cc(C(F)(F)F)cc(C(F)(F)F)c2)cc1. The van der Waals surface area contributed by atoms with Crippen LogP contribution >= 0.6 is 0 Å². The lowest BCUT2D eigenvalue weighted by Crippen LogP contribution is -2.30. The van der Waals surface area contributed by atoms with Crippen molar-refractivity contribution in [1.82, 2.24) is 5.32 Å². The van der Waals surface area contributed by atoms with E-state index in [9.17, 15) is 31.1 Å². The second-order valence-corrected chi connectivity index (χ2v) is 5.77. The number of benzene rings is 2. The van der Waals surface area contributed by atoms with Crippen LogP contribution < -0.4 is 15.4 Å². The molecule has 2 amide bonds. The topological polar surface area (TPSA) is 50.4 Å². The van der Waals surface area contributed by atoms with Crippen molar-refractivity contribution in [2.24, 2.45) is 0 Å². The van der Waals surface area contributed by atoms with Crippen LogP contribution in [0.25, 0.3) is 0 Å². The lowest BCUT2D eigenvalue weighted by atomic mass is 10.1. The number of carbonyl (C=O) groups excluding carboxylic acids is 1. The number of anilines is 1. The van der Waals surface area contributed by atoms with E-state index < -0.39 is 35.2 Å². The summed E-state index contributed by atoms with van der Waals surface area (Å²) in [7, 11) is 1.51. The number of carbonyl (C=O) groups is 1. The predicted octanol–water partition coefficient (Wildman–Crippen LogP) is 5.10. The first kappa shape index (κ1) is 21.4. The largest absolute Gasteiger partial charge is 0.497 e. The van der Waals surface area contributed by atoms with Crippen molar-refractivity contribution in [1.29, 1.82) is 0 Å². The summed E-state index contributed by atoms with van der Waals surface area (Å²) in [6.45, 7) is 0.128. The Morgan fingerprint density at radius 3 is 1.93 bits per heavy atom. The number of urea groups is 1. The molecule has 0 heterocycles. The molecule has 0 unspecified atom stereocenters. The maximum Gasteiger partial charge on any atom is 0.416 e. The Labute approximate surface area is 156 Å². The van der Waals surface area contributed by atoms with Gasteiger partial charge < -0.3 is 15.4 Å². The van der Waals surface area contributed by atoms with E-state index in [0.29, 0.717) is 24.3 Å². The molecule has 0 saturated carbocycles. The molecule has 0 aliphatic rings. The zero-order chi connectivity index (χ0) is 20.9. The van der Waals surface area contributed by atoms with Gasteiger partial charge in [-0.25, -0.2) is 4.79 Å². The van der Waals surface area contributed by atoms with Gasteiger partial charge in [-0.2, -0.15) is 26.3 Å². The lowest BCUT2D eigenvalue weighted by molar-refractivity contribution is -0.143. The van der Waals surface area contributed by atoms with E-state index in [1.165, 1.54) is 7.11 Å². The summed E-state index contributed by atoms with van der Waals surface area (Å²) in [6.07, 6.45) is -9.56. The van der Waals surface area contributed by atoms with Gasteiger partial charge in [-0.3, -0.25) is 0 Å². The quantitative estimate of drug-likeness (QED) is 0.679. The van der Waals surface area contributed by atoms with E-state index in [1.54, 1.807) is 24.3 Å². The summed E-state index contributed by atoms with van der Waals surface area (Å²) in [5.41, 5.74) is -2.75. The number of methoxy groups -OCH3 is 1. The number of hydrogen-bond donors (Lipinski definition) is 2. The van der Waals surface area contributed by atoms with Gasteiger partial charge in [-0.15, -0.1) is 0 Å².